The number of carbonyl (C=O) groups excluding carboxylic acids is 3. The molecular formula is C48H49N5O9S. The number of piperidine rings is 3. The molecule has 5 heterocycles. The van der Waals surface area contributed by atoms with Crippen molar-refractivity contribution < 1.29 is 38.8 Å². The summed E-state index contributed by atoms with van der Waals surface area (Å²) < 4.78 is 17.5. The van der Waals surface area contributed by atoms with Gasteiger partial charge in [-0.2, -0.15) is 0 Å². The number of aromatic amines is 1. The third-order valence-corrected chi connectivity index (χ3v) is 12.5. The van der Waals surface area contributed by atoms with Crippen molar-refractivity contribution in [3.63, 3.8) is 0 Å². The second-order valence-electron chi connectivity index (χ2n) is 15.7. The van der Waals surface area contributed by atoms with Gasteiger partial charge in [-0.15, -0.1) is 11.3 Å². The van der Waals surface area contributed by atoms with Crippen molar-refractivity contribution in [2.45, 2.75) is 44.2 Å². The Bertz CT molecular complexity index is 2590. The predicted molar refractivity (Wildman–Crippen MR) is 238 cm³/mol. The molecule has 6 N–H and O–H groups in total. The van der Waals surface area contributed by atoms with Crippen LogP contribution in [0.2, 0.25) is 0 Å². The number of amides is 2. The lowest BCUT2D eigenvalue weighted by Crippen LogP contribution is -2.52. The van der Waals surface area contributed by atoms with Crippen LogP contribution in [0.15, 0.2) is 120 Å². The molecular weight excluding hydrogens is 823 g/mol. The van der Waals surface area contributed by atoms with Crippen LogP contribution in [0.1, 0.15) is 72.1 Å². The number of aromatic nitrogens is 1. The first-order valence-electron chi connectivity index (χ1n) is 21.0. The van der Waals surface area contributed by atoms with Gasteiger partial charge in [0.2, 0.25) is 5.56 Å². The number of phenolic OH excluding ortho intramolecular Hbond substituents is 1. The molecule has 0 spiro atoms. The third kappa shape index (κ3) is 10.9. The van der Waals surface area contributed by atoms with Crippen molar-refractivity contribution in [2.24, 2.45) is 5.92 Å². The molecule has 326 valence electrons. The van der Waals surface area contributed by atoms with Gasteiger partial charge in [-0.3, -0.25) is 14.5 Å². The van der Waals surface area contributed by atoms with Crippen LogP contribution in [0.4, 0.5) is 4.79 Å². The largest absolute Gasteiger partial charge is 0.506 e. The van der Waals surface area contributed by atoms with Gasteiger partial charge in [0.1, 0.15) is 30.8 Å². The smallest absolute Gasteiger partial charge is 0.408 e. The van der Waals surface area contributed by atoms with Gasteiger partial charge in [0.05, 0.1) is 34.6 Å². The van der Waals surface area contributed by atoms with Crippen molar-refractivity contribution >= 4 is 40.2 Å². The Balaban J connectivity index is 0.762. The fraction of sp³-hybridized carbons (Fsp3) is 0.292. The van der Waals surface area contributed by atoms with Crippen LogP contribution in [-0.4, -0.2) is 83.5 Å². The number of ether oxygens (including phenoxy) is 3. The number of aromatic hydroxyl groups is 1. The molecule has 0 radical (unpaired) electrons. The maximum atomic E-state index is 13.2. The van der Waals surface area contributed by atoms with Crippen LogP contribution in [0.3, 0.4) is 0 Å². The minimum atomic E-state index is -0.909. The third-order valence-electron chi connectivity index (χ3n) is 11.4. The summed E-state index contributed by atoms with van der Waals surface area (Å²) in [6.07, 6.45) is 0.666. The summed E-state index contributed by atoms with van der Waals surface area (Å²) in [5.41, 5.74) is 3.45. The van der Waals surface area contributed by atoms with Gasteiger partial charge in [0.25, 0.3) is 5.91 Å². The van der Waals surface area contributed by atoms with E-state index in [0.717, 1.165) is 54.0 Å². The molecule has 9 rings (SSSR count). The van der Waals surface area contributed by atoms with Crippen LogP contribution in [0.5, 0.6) is 11.5 Å². The Labute approximate surface area is 367 Å². The number of thiophene rings is 1. The zero-order valence-corrected chi connectivity index (χ0v) is 35.3. The number of rotatable bonds is 17. The van der Waals surface area contributed by atoms with Gasteiger partial charge in [-0.25, -0.2) is 9.59 Å². The molecule has 2 amide bonds. The number of alkyl carbamates (subject to hydrolysis) is 1. The van der Waals surface area contributed by atoms with Crippen molar-refractivity contribution in [1.82, 2.24) is 25.8 Å². The Morgan fingerprint density at radius 3 is 2.46 bits per heavy atom. The topological polar surface area (TPSA) is 192 Å². The maximum absolute atomic E-state index is 13.2. The van der Waals surface area contributed by atoms with Crippen LogP contribution >= 0.6 is 11.3 Å². The van der Waals surface area contributed by atoms with E-state index >= 15 is 0 Å². The van der Waals surface area contributed by atoms with E-state index in [0.29, 0.717) is 39.6 Å². The molecule has 3 atom stereocenters. The molecule has 14 nitrogen and oxygen atoms in total. The molecule has 0 aliphatic carbocycles. The van der Waals surface area contributed by atoms with Gasteiger partial charge in [0.15, 0.2) is 0 Å². The van der Waals surface area contributed by atoms with Gasteiger partial charge < -0.3 is 45.4 Å². The average Bonchev–Trinajstić information content (AvgIpc) is 3.79. The molecule has 3 aliphatic heterocycles. The predicted octanol–water partition coefficient (Wildman–Crippen LogP) is 6.19. The number of fused-ring (bicyclic) bond motifs is 4. The lowest BCUT2D eigenvalue weighted by atomic mass is 9.86. The fourth-order valence-corrected chi connectivity index (χ4v) is 8.98. The van der Waals surface area contributed by atoms with E-state index < -0.39 is 24.2 Å². The highest BCUT2D eigenvalue weighted by Gasteiger charge is 2.37. The van der Waals surface area contributed by atoms with Crippen molar-refractivity contribution in [3.8, 4) is 11.5 Å². The first-order valence-corrected chi connectivity index (χ1v) is 21.8. The number of hydrogen-bond acceptors (Lipinski definition) is 12. The number of carbonyl (C=O) groups is 3. The number of H-pyrrole nitrogens is 1. The Morgan fingerprint density at radius 2 is 1.68 bits per heavy atom. The van der Waals surface area contributed by atoms with Crippen LogP contribution < -0.4 is 26.2 Å². The molecule has 3 fully saturated rings. The lowest BCUT2D eigenvalue weighted by molar-refractivity contribution is -0.0336. The Hall–Kier alpha value is -6.52. The van der Waals surface area contributed by atoms with Crippen LogP contribution in [-0.2, 0) is 22.6 Å². The Morgan fingerprint density at radius 1 is 0.889 bits per heavy atom. The SMILES string of the molecule is O=C(NC(c1ccccc1)c1cccc(OCc2ccc(C(=O)OCCNC(=O)c3ccc(CNC[C@@H](O)c4ccc(O)c5[nH]c(=O)ccc45)s3)cc2)c1)O[C@H]1CN2CCC1CC2. The number of pyridine rings is 1. The maximum Gasteiger partial charge on any atom is 0.408 e. The molecule has 2 bridgehead atoms. The van der Waals surface area contributed by atoms with Gasteiger partial charge in [-0.1, -0.05) is 60.7 Å². The van der Waals surface area contributed by atoms with Crippen LogP contribution in [0, 0.1) is 5.92 Å². The fourth-order valence-electron chi connectivity index (χ4n) is 8.09. The van der Waals surface area contributed by atoms with E-state index in [-0.39, 0.29) is 55.1 Å². The average molecular weight is 872 g/mol. The number of nitrogens with one attached hydrogen (secondary N) is 4. The van der Waals surface area contributed by atoms with Gasteiger partial charge >= 0.3 is 12.1 Å². The molecule has 4 aromatic carbocycles. The van der Waals surface area contributed by atoms with E-state index in [1.807, 2.05) is 60.7 Å². The number of aliphatic hydroxyl groups is 1. The number of aliphatic hydroxyl groups excluding tert-OH is 1. The van der Waals surface area contributed by atoms with E-state index in [1.54, 1.807) is 42.5 Å². The van der Waals surface area contributed by atoms with Gasteiger partial charge in [0, 0.05) is 36.0 Å². The summed E-state index contributed by atoms with van der Waals surface area (Å²) in [6, 6.07) is 33.4. The highest BCUT2D eigenvalue weighted by atomic mass is 32.1. The molecule has 0 saturated carbocycles. The number of esters is 1. The van der Waals surface area contributed by atoms with Crippen molar-refractivity contribution in [3.05, 3.63) is 163 Å². The molecule has 2 aromatic heterocycles. The zero-order chi connectivity index (χ0) is 43.7. The quantitative estimate of drug-likeness (QED) is 0.0453. The summed E-state index contributed by atoms with van der Waals surface area (Å²) >= 11 is 1.30. The summed E-state index contributed by atoms with van der Waals surface area (Å²) in [6.45, 7) is 3.88. The first kappa shape index (κ1) is 43.1. The lowest BCUT2D eigenvalue weighted by Gasteiger charge is -2.43. The minimum absolute atomic E-state index is 0.0143. The minimum Gasteiger partial charge on any atom is -0.506 e. The monoisotopic (exact) mass is 871 g/mol. The summed E-state index contributed by atoms with van der Waals surface area (Å²) in [5.74, 6) is 0.140. The second-order valence-corrected chi connectivity index (χ2v) is 16.9. The normalized spacial score (nSPS) is 17.7. The first-order chi connectivity index (χ1) is 30.7. The van der Waals surface area contributed by atoms with E-state index in [2.05, 4.69) is 25.8 Å². The number of nitrogens with zero attached hydrogens (tertiary/aromatic N) is 1. The van der Waals surface area contributed by atoms with E-state index in [1.165, 1.54) is 23.5 Å². The number of benzene rings is 4. The summed E-state index contributed by atoms with van der Waals surface area (Å²) in [7, 11) is 0. The highest BCUT2D eigenvalue weighted by molar-refractivity contribution is 7.14. The molecule has 1 unspecified atom stereocenters. The van der Waals surface area contributed by atoms with E-state index in [9.17, 15) is 29.4 Å². The molecule has 3 saturated heterocycles. The van der Waals surface area contributed by atoms with Crippen molar-refractivity contribution in [2.75, 3.05) is 39.3 Å². The number of phenols is 1. The molecule has 3 aliphatic rings. The molecule has 63 heavy (non-hydrogen) atoms. The van der Waals surface area contributed by atoms with E-state index in [4.69, 9.17) is 14.2 Å². The molecule has 15 heteroatoms. The van der Waals surface area contributed by atoms with Gasteiger partial charge in [-0.05, 0) is 103 Å². The zero-order valence-electron chi connectivity index (χ0n) is 34.5. The standard InChI is InChI=1S/C48H49N5O9S/c54-39-16-14-37(38-15-18-43(56)51-45(38)39)40(55)27-49-26-36-13-17-42(63-36)46(57)50-21-24-60-47(58)33-11-9-30(10-12-33)29-61-35-8-4-7-34(25-35)44(32-5-2-1-3-6-32)52-48(59)62-41-28-53-22-19-31(41)20-23-53/h1-18,25,31,40-41,44,49,54-55H,19-24,26-29H2,(H,50,57)(H,51,56)(H,52,59)/t40-,41+,44?/m1/s1. The van der Waals surface area contributed by atoms with Crippen molar-refractivity contribution in [1.29, 1.82) is 0 Å². The summed E-state index contributed by atoms with van der Waals surface area (Å²) in [4.78, 5) is 56.8. The Kier molecular flexibility index (Phi) is 13.8. The van der Waals surface area contributed by atoms with Crippen LogP contribution in [0.25, 0.3) is 10.9 Å². The highest BCUT2D eigenvalue weighted by Crippen LogP contribution is 2.32. The molecule has 6 aromatic rings. The number of hydrogen-bond donors (Lipinski definition) is 6. The second kappa shape index (κ2) is 20.1. The summed E-state index contributed by atoms with van der Waals surface area (Å²) in [5, 5.41) is 30.5.